The van der Waals surface area contributed by atoms with E-state index in [9.17, 15) is 8.42 Å². The number of thioether (sulfide) groups is 1. The quantitative estimate of drug-likeness (QED) is 0.671. The summed E-state index contributed by atoms with van der Waals surface area (Å²) in [6.45, 7) is 1.90. The number of H-pyrrole nitrogens is 1. The van der Waals surface area contributed by atoms with Crippen LogP contribution in [0.3, 0.4) is 0 Å². The number of thiophene rings is 1. The number of aromatic amines is 1. The molecule has 3 aromatic rings. The third-order valence-corrected chi connectivity index (χ3v) is 6.83. The van der Waals surface area contributed by atoms with Crippen molar-refractivity contribution in [3.8, 4) is 10.6 Å². The fourth-order valence-electron chi connectivity index (χ4n) is 2.04. The molecule has 0 spiro atoms. The molecule has 0 aliphatic rings. The maximum absolute atomic E-state index is 12.5. The normalized spacial score (nSPS) is 11.6. The van der Waals surface area contributed by atoms with Gasteiger partial charge >= 0.3 is 0 Å². The lowest BCUT2D eigenvalue weighted by Crippen LogP contribution is -2.11. The third-order valence-electron chi connectivity index (χ3n) is 3.13. The molecular formula is C15H15N3O2S3. The highest BCUT2D eigenvalue weighted by molar-refractivity contribution is 7.98. The third kappa shape index (κ3) is 3.60. The molecule has 0 amide bonds. The summed E-state index contributed by atoms with van der Waals surface area (Å²) in [4.78, 5) is 1.82. The van der Waals surface area contributed by atoms with Crippen LogP contribution in [0.25, 0.3) is 10.6 Å². The molecule has 5 nitrogen and oxygen atoms in total. The summed E-state index contributed by atoms with van der Waals surface area (Å²) >= 11 is 2.76. The number of nitrogens with one attached hydrogen (secondary N) is 2. The van der Waals surface area contributed by atoms with Gasteiger partial charge in [-0.15, -0.1) is 23.1 Å². The number of rotatable bonds is 5. The Morgan fingerprint density at radius 3 is 2.74 bits per heavy atom. The average molecular weight is 366 g/mol. The summed E-state index contributed by atoms with van der Waals surface area (Å²) in [6.07, 6.45) is 1.95. The monoisotopic (exact) mass is 365 g/mol. The van der Waals surface area contributed by atoms with E-state index in [0.717, 1.165) is 21.2 Å². The average Bonchev–Trinajstić information content (AvgIpc) is 3.16. The number of hydrogen-bond donors (Lipinski definition) is 2. The van der Waals surface area contributed by atoms with Crippen LogP contribution >= 0.6 is 23.1 Å². The van der Waals surface area contributed by atoms with Crippen LogP contribution in [0.2, 0.25) is 0 Å². The van der Waals surface area contributed by atoms with Crippen molar-refractivity contribution in [1.82, 2.24) is 10.2 Å². The highest BCUT2D eigenvalue weighted by Gasteiger charge is 2.18. The SMILES string of the molecule is CSc1cccc(NS(=O)(=O)c2ccc(-c3cc(C)[nH]n3)s2)c1. The van der Waals surface area contributed by atoms with Crippen LogP contribution in [-0.2, 0) is 10.0 Å². The fourth-order valence-corrected chi connectivity index (χ4v) is 4.81. The van der Waals surface area contributed by atoms with Gasteiger partial charge in [-0.1, -0.05) is 6.07 Å². The number of benzene rings is 1. The summed E-state index contributed by atoms with van der Waals surface area (Å²) < 4.78 is 27.9. The minimum absolute atomic E-state index is 0.266. The molecule has 8 heteroatoms. The molecule has 2 aromatic heterocycles. The second kappa shape index (κ2) is 6.38. The maximum atomic E-state index is 12.5. The van der Waals surface area contributed by atoms with Gasteiger partial charge < -0.3 is 0 Å². The van der Waals surface area contributed by atoms with Gasteiger partial charge in [0, 0.05) is 16.3 Å². The summed E-state index contributed by atoms with van der Waals surface area (Å²) in [6, 6.07) is 12.6. The van der Waals surface area contributed by atoms with E-state index < -0.39 is 10.0 Å². The molecule has 2 N–H and O–H groups in total. The molecule has 0 fully saturated rings. The molecule has 0 saturated carbocycles. The zero-order valence-electron chi connectivity index (χ0n) is 12.5. The van der Waals surface area contributed by atoms with Crippen molar-refractivity contribution in [3.63, 3.8) is 0 Å². The van der Waals surface area contributed by atoms with Gasteiger partial charge in [-0.2, -0.15) is 5.10 Å². The van der Waals surface area contributed by atoms with Crippen molar-refractivity contribution in [3.05, 3.63) is 48.2 Å². The van der Waals surface area contributed by atoms with E-state index in [4.69, 9.17) is 0 Å². The number of aromatic nitrogens is 2. The van der Waals surface area contributed by atoms with Crippen molar-refractivity contribution in [2.75, 3.05) is 11.0 Å². The number of aryl methyl sites for hydroxylation is 1. The van der Waals surface area contributed by atoms with Crippen LogP contribution in [0.5, 0.6) is 0 Å². The van der Waals surface area contributed by atoms with Crippen molar-refractivity contribution >= 4 is 38.8 Å². The van der Waals surface area contributed by atoms with Gasteiger partial charge in [0.25, 0.3) is 10.0 Å². The Bertz CT molecular complexity index is 929. The first kappa shape index (κ1) is 16.1. The predicted octanol–water partition coefficient (Wildman–Crippen LogP) is 3.97. The predicted molar refractivity (Wildman–Crippen MR) is 95.7 cm³/mol. The van der Waals surface area contributed by atoms with Gasteiger partial charge in [0.15, 0.2) is 0 Å². The molecule has 2 heterocycles. The van der Waals surface area contributed by atoms with E-state index in [1.54, 1.807) is 30.0 Å². The largest absolute Gasteiger partial charge is 0.282 e. The molecule has 0 radical (unpaired) electrons. The van der Waals surface area contributed by atoms with E-state index in [2.05, 4.69) is 14.9 Å². The van der Waals surface area contributed by atoms with Gasteiger partial charge in [0.1, 0.15) is 9.90 Å². The summed E-state index contributed by atoms with van der Waals surface area (Å²) in [5.41, 5.74) is 2.24. The first-order valence-corrected chi connectivity index (χ1v) is 10.3. The Morgan fingerprint density at radius 2 is 2.04 bits per heavy atom. The first-order valence-electron chi connectivity index (χ1n) is 6.77. The van der Waals surface area contributed by atoms with Crippen LogP contribution in [-0.4, -0.2) is 24.9 Å². The number of sulfonamides is 1. The molecular weight excluding hydrogens is 350 g/mol. The lowest BCUT2D eigenvalue weighted by molar-refractivity contribution is 0.603. The number of hydrogen-bond acceptors (Lipinski definition) is 5. The molecule has 23 heavy (non-hydrogen) atoms. The van der Waals surface area contributed by atoms with Crippen molar-refractivity contribution < 1.29 is 8.42 Å². The van der Waals surface area contributed by atoms with Crippen molar-refractivity contribution in [1.29, 1.82) is 0 Å². The topological polar surface area (TPSA) is 74.8 Å². The zero-order valence-corrected chi connectivity index (χ0v) is 15.0. The molecule has 1 aromatic carbocycles. The molecule has 0 saturated heterocycles. The summed E-state index contributed by atoms with van der Waals surface area (Å²) in [5.74, 6) is 0. The van der Waals surface area contributed by atoms with E-state index in [0.29, 0.717) is 5.69 Å². The molecule has 0 aliphatic carbocycles. The van der Waals surface area contributed by atoms with Crippen molar-refractivity contribution in [2.24, 2.45) is 0 Å². The highest BCUT2D eigenvalue weighted by Crippen LogP contribution is 2.31. The van der Waals surface area contributed by atoms with Crippen LogP contribution in [0.1, 0.15) is 5.69 Å². The number of anilines is 1. The highest BCUT2D eigenvalue weighted by atomic mass is 32.2. The Kier molecular flexibility index (Phi) is 4.47. The van der Waals surface area contributed by atoms with Gasteiger partial charge in [0.05, 0.1) is 4.88 Å². The van der Waals surface area contributed by atoms with Crippen LogP contribution in [0, 0.1) is 6.92 Å². The summed E-state index contributed by atoms with van der Waals surface area (Å²) in [7, 11) is -3.60. The molecule has 0 unspecified atom stereocenters. The lowest BCUT2D eigenvalue weighted by Gasteiger charge is -2.07. The minimum Gasteiger partial charge on any atom is -0.282 e. The van der Waals surface area contributed by atoms with Crippen LogP contribution in [0.4, 0.5) is 5.69 Å². The zero-order chi connectivity index (χ0) is 16.4. The van der Waals surface area contributed by atoms with Gasteiger partial charge in [0.2, 0.25) is 0 Å². The minimum atomic E-state index is -3.60. The second-order valence-electron chi connectivity index (χ2n) is 4.89. The van der Waals surface area contributed by atoms with Gasteiger partial charge in [-0.05, 0) is 49.6 Å². The van der Waals surface area contributed by atoms with E-state index >= 15 is 0 Å². The van der Waals surface area contributed by atoms with E-state index in [1.807, 2.05) is 37.4 Å². The molecule has 3 rings (SSSR count). The van der Waals surface area contributed by atoms with Crippen LogP contribution < -0.4 is 4.72 Å². The van der Waals surface area contributed by atoms with Gasteiger partial charge in [-0.3, -0.25) is 9.82 Å². The van der Waals surface area contributed by atoms with E-state index in [-0.39, 0.29) is 4.21 Å². The summed E-state index contributed by atoms with van der Waals surface area (Å²) in [5, 5.41) is 7.01. The Labute approximate surface area is 143 Å². The fraction of sp³-hybridized carbons (Fsp3) is 0.133. The molecule has 0 aliphatic heterocycles. The van der Waals surface area contributed by atoms with Crippen LogP contribution in [0.15, 0.2) is 51.6 Å². The number of nitrogens with zero attached hydrogens (tertiary/aromatic N) is 1. The smallest absolute Gasteiger partial charge is 0.271 e. The molecule has 0 bridgehead atoms. The second-order valence-corrected chi connectivity index (χ2v) is 8.77. The standard InChI is InChI=1S/C15H15N3O2S3/c1-10-8-13(17-16-10)14-6-7-15(22-14)23(19,20)18-11-4-3-5-12(9-11)21-2/h3-9,18H,1-2H3,(H,16,17). The maximum Gasteiger partial charge on any atom is 0.271 e. The molecule has 120 valence electrons. The van der Waals surface area contributed by atoms with Crippen molar-refractivity contribution in [2.45, 2.75) is 16.0 Å². The molecule has 0 atom stereocenters. The Hall–Kier alpha value is -1.77. The lowest BCUT2D eigenvalue weighted by atomic mass is 10.3. The Morgan fingerprint density at radius 1 is 1.22 bits per heavy atom. The Balaban J connectivity index is 1.86. The van der Waals surface area contributed by atoms with Gasteiger partial charge in [-0.25, -0.2) is 8.42 Å². The van der Waals surface area contributed by atoms with E-state index in [1.165, 1.54) is 11.3 Å². The first-order chi connectivity index (χ1) is 11.0.